The topological polar surface area (TPSA) is 72.4 Å². The molecule has 0 saturated carbocycles. The molecule has 1 aliphatic heterocycles. The Morgan fingerprint density at radius 2 is 2.23 bits per heavy atom. The molecule has 1 atom stereocenters. The summed E-state index contributed by atoms with van der Waals surface area (Å²) in [5.74, 6) is 2.78. The number of aryl methyl sites for hydroxylation is 1. The van der Waals surface area contributed by atoms with Crippen LogP contribution < -0.4 is 0 Å². The molecule has 6 nitrogen and oxygen atoms in total. The number of hydrogen-bond acceptors (Lipinski definition) is 5. The number of hydrogen-bond donors (Lipinski definition) is 0. The summed E-state index contributed by atoms with van der Waals surface area (Å²) in [6.45, 7) is 7.23. The minimum atomic E-state index is -0.0681. The van der Waals surface area contributed by atoms with Crippen molar-refractivity contribution in [3.63, 3.8) is 0 Å². The van der Waals surface area contributed by atoms with Crippen LogP contribution in [0.2, 0.25) is 0 Å². The van der Waals surface area contributed by atoms with E-state index in [1.54, 1.807) is 6.07 Å². The van der Waals surface area contributed by atoms with Crippen LogP contribution in [0.1, 0.15) is 66.6 Å². The number of carbonyl (C=O) groups excluding carboxylic acids is 1. The molecule has 0 spiro atoms. The highest BCUT2D eigenvalue weighted by Crippen LogP contribution is 2.27. The average molecular weight is 303 g/mol. The molecular formula is C16H21N3O3. The van der Waals surface area contributed by atoms with Crippen molar-refractivity contribution in [2.24, 2.45) is 0 Å². The van der Waals surface area contributed by atoms with E-state index in [1.807, 2.05) is 31.7 Å². The zero-order chi connectivity index (χ0) is 15.7. The van der Waals surface area contributed by atoms with Crippen LogP contribution in [0.3, 0.4) is 0 Å². The first kappa shape index (κ1) is 14.8. The van der Waals surface area contributed by atoms with Crippen molar-refractivity contribution >= 4 is 5.91 Å². The summed E-state index contributed by atoms with van der Waals surface area (Å²) in [5, 5.41) is 4.01. The molecule has 22 heavy (non-hydrogen) atoms. The van der Waals surface area contributed by atoms with Gasteiger partial charge in [0.1, 0.15) is 5.76 Å². The van der Waals surface area contributed by atoms with Crippen molar-refractivity contribution in [3.8, 4) is 0 Å². The molecule has 0 N–H and O–H groups in total. The maximum Gasteiger partial charge on any atom is 0.289 e. The molecule has 118 valence electrons. The predicted octanol–water partition coefficient (Wildman–Crippen LogP) is 3.11. The van der Waals surface area contributed by atoms with Gasteiger partial charge in [-0.05, 0) is 31.9 Å². The number of piperidine rings is 1. The van der Waals surface area contributed by atoms with E-state index in [1.165, 1.54) is 0 Å². The van der Waals surface area contributed by atoms with Gasteiger partial charge in [0.05, 0.1) is 5.92 Å². The predicted molar refractivity (Wildman–Crippen MR) is 79.7 cm³/mol. The van der Waals surface area contributed by atoms with Crippen LogP contribution in [0.25, 0.3) is 0 Å². The van der Waals surface area contributed by atoms with E-state index in [4.69, 9.17) is 8.94 Å². The van der Waals surface area contributed by atoms with Gasteiger partial charge in [0, 0.05) is 19.0 Å². The third kappa shape index (κ3) is 2.91. The first-order valence-corrected chi connectivity index (χ1v) is 7.74. The Balaban J connectivity index is 1.72. The molecule has 0 aromatic carbocycles. The van der Waals surface area contributed by atoms with Gasteiger partial charge in [-0.1, -0.05) is 19.0 Å². The lowest BCUT2D eigenvalue weighted by Gasteiger charge is -2.30. The van der Waals surface area contributed by atoms with E-state index in [2.05, 4.69) is 10.1 Å². The van der Waals surface area contributed by atoms with Crippen molar-refractivity contribution in [3.05, 3.63) is 35.4 Å². The molecule has 3 heterocycles. The standard InChI is InChI=1S/C16H21N3O3/c1-10(2)14-17-15(22-18-14)12-5-4-8-19(9-12)16(20)13-7-6-11(3)21-13/h6-7,10,12H,4-5,8-9H2,1-3H3/t12-/m0/s1. The summed E-state index contributed by atoms with van der Waals surface area (Å²) < 4.78 is 10.8. The Kier molecular flexibility index (Phi) is 4.00. The Hall–Kier alpha value is -2.11. The summed E-state index contributed by atoms with van der Waals surface area (Å²) in [5.41, 5.74) is 0. The highest BCUT2D eigenvalue weighted by atomic mass is 16.5. The number of rotatable bonds is 3. The van der Waals surface area contributed by atoms with Gasteiger partial charge in [0.15, 0.2) is 11.6 Å². The lowest BCUT2D eigenvalue weighted by atomic mass is 9.97. The van der Waals surface area contributed by atoms with E-state index in [9.17, 15) is 4.79 Å². The highest BCUT2D eigenvalue weighted by Gasteiger charge is 2.30. The summed E-state index contributed by atoms with van der Waals surface area (Å²) in [6.07, 6.45) is 1.89. The Labute approximate surface area is 129 Å². The number of furan rings is 1. The van der Waals surface area contributed by atoms with Gasteiger partial charge < -0.3 is 13.8 Å². The second kappa shape index (κ2) is 5.94. The van der Waals surface area contributed by atoms with Gasteiger partial charge in [-0.3, -0.25) is 4.79 Å². The summed E-state index contributed by atoms with van der Waals surface area (Å²) in [7, 11) is 0. The zero-order valence-electron chi connectivity index (χ0n) is 13.2. The molecule has 3 rings (SSSR count). The number of likely N-dealkylation sites (tertiary alicyclic amines) is 1. The van der Waals surface area contributed by atoms with Crippen molar-refractivity contribution in [2.75, 3.05) is 13.1 Å². The van der Waals surface area contributed by atoms with E-state index in [0.717, 1.165) is 31.0 Å². The number of nitrogens with zero attached hydrogens (tertiary/aromatic N) is 3. The van der Waals surface area contributed by atoms with E-state index in [0.29, 0.717) is 18.2 Å². The minimum Gasteiger partial charge on any atom is -0.456 e. The van der Waals surface area contributed by atoms with Crippen molar-refractivity contribution < 1.29 is 13.7 Å². The first-order chi connectivity index (χ1) is 10.5. The Morgan fingerprint density at radius 1 is 1.41 bits per heavy atom. The van der Waals surface area contributed by atoms with Gasteiger partial charge in [0.2, 0.25) is 5.89 Å². The molecule has 1 saturated heterocycles. The van der Waals surface area contributed by atoms with Crippen LogP contribution >= 0.6 is 0 Å². The Morgan fingerprint density at radius 3 is 2.86 bits per heavy atom. The highest BCUT2D eigenvalue weighted by molar-refractivity contribution is 5.91. The van der Waals surface area contributed by atoms with Crippen LogP contribution in [-0.2, 0) is 0 Å². The van der Waals surface area contributed by atoms with E-state index in [-0.39, 0.29) is 17.7 Å². The monoisotopic (exact) mass is 303 g/mol. The third-order valence-corrected chi connectivity index (χ3v) is 3.98. The van der Waals surface area contributed by atoms with Crippen LogP contribution in [0.5, 0.6) is 0 Å². The molecule has 1 aliphatic rings. The summed E-state index contributed by atoms with van der Waals surface area (Å²) >= 11 is 0. The second-order valence-electron chi connectivity index (χ2n) is 6.15. The SMILES string of the molecule is Cc1ccc(C(=O)N2CCC[C@H](c3nc(C(C)C)no3)C2)o1. The largest absolute Gasteiger partial charge is 0.456 e. The average Bonchev–Trinajstić information content (AvgIpc) is 3.15. The normalized spacial score (nSPS) is 18.9. The summed E-state index contributed by atoms with van der Waals surface area (Å²) in [4.78, 5) is 18.7. The molecular weight excluding hydrogens is 282 g/mol. The van der Waals surface area contributed by atoms with Crippen molar-refractivity contribution in [1.29, 1.82) is 0 Å². The van der Waals surface area contributed by atoms with Crippen LogP contribution in [0.4, 0.5) is 0 Å². The number of amides is 1. The van der Waals surface area contributed by atoms with Gasteiger partial charge in [-0.2, -0.15) is 4.98 Å². The third-order valence-electron chi connectivity index (χ3n) is 3.98. The maximum atomic E-state index is 12.5. The van der Waals surface area contributed by atoms with E-state index < -0.39 is 0 Å². The van der Waals surface area contributed by atoms with Gasteiger partial charge in [-0.25, -0.2) is 0 Å². The number of aromatic nitrogens is 2. The first-order valence-electron chi connectivity index (χ1n) is 7.74. The molecule has 6 heteroatoms. The van der Waals surface area contributed by atoms with Crippen LogP contribution in [-0.4, -0.2) is 34.0 Å². The number of carbonyl (C=O) groups is 1. The lowest BCUT2D eigenvalue weighted by Crippen LogP contribution is -2.39. The van der Waals surface area contributed by atoms with Crippen LogP contribution in [0.15, 0.2) is 21.1 Å². The lowest BCUT2D eigenvalue weighted by molar-refractivity contribution is 0.0662. The van der Waals surface area contributed by atoms with E-state index >= 15 is 0 Å². The smallest absolute Gasteiger partial charge is 0.289 e. The maximum absolute atomic E-state index is 12.5. The fourth-order valence-corrected chi connectivity index (χ4v) is 2.72. The van der Waals surface area contributed by atoms with Gasteiger partial charge in [0.25, 0.3) is 5.91 Å². The molecule has 1 amide bonds. The van der Waals surface area contributed by atoms with Crippen molar-refractivity contribution in [1.82, 2.24) is 15.0 Å². The van der Waals surface area contributed by atoms with Gasteiger partial charge >= 0.3 is 0 Å². The molecule has 2 aromatic heterocycles. The molecule has 0 unspecified atom stereocenters. The molecule has 0 bridgehead atoms. The molecule has 1 fully saturated rings. The Bertz CT molecular complexity index is 659. The van der Waals surface area contributed by atoms with Crippen LogP contribution in [0, 0.1) is 6.92 Å². The fraction of sp³-hybridized carbons (Fsp3) is 0.562. The molecule has 0 aliphatic carbocycles. The fourth-order valence-electron chi connectivity index (χ4n) is 2.72. The second-order valence-corrected chi connectivity index (χ2v) is 6.15. The minimum absolute atomic E-state index is 0.0681. The van der Waals surface area contributed by atoms with Gasteiger partial charge in [-0.15, -0.1) is 0 Å². The van der Waals surface area contributed by atoms with Crippen molar-refractivity contribution in [2.45, 2.75) is 45.4 Å². The zero-order valence-corrected chi connectivity index (χ0v) is 13.2. The molecule has 2 aromatic rings. The molecule has 0 radical (unpaired) electrons. The summed E-state index contributed by atoms with van der Waals surface area (Å²) in [6, 6.07) is 3.53. The quantitative estimate of drug-likeness (QED) is 0.871.